The number of hydrogen-bond acceptors (Lipinski definition) is 2. The van der Waals surface area contributed by atoms with E-state index in [1.165, 1.54) is 0 Å². The molecule has 0 aliphatic carbocycles. The lowest BCUT2D eigenvalue weighted by Gasteiger charge is -2.20. The molecule has 0 saturated heterocycles. The van der Waals surface area contributed by atoms with Crippen LogP contribution in [0.3, 0.4) is 0 Å². The highest BCUT2D eigenvalue weighted by atomic mass is 79.9. The van der Waals surface area contributed by atoms with Crippen LogP contribution >= 0.6 is 15.9 Å². The van der Waals surface area contributed by atoms with Crippen LogP contribution in [-0.4, -0.2) is 24.8 Å². The zero-order valence-electron chi connectivity index (χ0n) is 9.46. The van der Waals surface area contributed by atoms with Gasteiger partial charge < -0.3 is 0 Å². The fourth-order valence-corrected chi connectivity index (χ4v) is 4.35. The summed E-state index contributed by atoms with van der Waals surface area (Å²) in [6.07, 6.45) is 0.704. The van der Waals surface area contributed by atoms with Gasteiger partial charge in [-0.15, -0.1) is 0 Å². The van der Waals surface area contributed by atoms with Crippen molar-refractivity contribution in [2.24, 2.45) is 11.8 Å². The lowest BCUT2D eigenvalue weighted by Crippen LogP contribution is -2.28. The van der Waals surface area contributed by atoms with Gasteiger partial charge in [0.1, 0.15) is 0 Å². The standard InChI is InChI=1S/C10H21BrO2S/c1-5-9(4)14(12,13)7-10(6-11)8(2)3/h8-10H,5-7H2,1-4H3. The molecule has 0 aromatic carbocycles. The largest absolute Gasteiger partial charge is 0.229 e. The van der Waals surface area contributed by atoms with Crippen molar-refractivity contribution in [2.75, 3.05) is 11.1 Å². The first-order valence-electron chi connectivity index (χ1n) is 5.12. The van der Waals surface area contributed by atoms with E-state index in [1.54, 1.807) is 6.92 Å². The summed E-state index contributed by atoms with van der Waals surface area (Å²) in [4.78, 5) is 0. The van der Waals surface area contributed by atoms with Crippen LogP contribution in [0, 0.1) is 11.8 Å². The molecule has 2 unspecified atom stereocenters. The molecule has 86 valence electrons. The molecule has 2 nitrogen and oxygen atoms in total. The smallest absolute Gasteiger partial charge is 0.153 e. The van der Waals surface area contributed by atoms with Gasteiger partial charge in [-0.1, -0.05) is 36.7 Å². The predicted octanol–water partition coefficient (Wildman–Crippen LogP) is 2.87. The number of halogens is 1. The summed E-state index contributed by atoms with van der Waals surface area (Å²) in [6.45, 7) is 7.85. The Kier molecular flexibility index (Phi) is 6.30. The monoisotopic (exact) mass is 284 g/mol. The van der Waals surface area contributed by atoms with Crippen molar-refractivity contribution in [3.63, 3.8) is 0 Å². The van der Waals surface area contributed by atoms with Gasteiger partial charge in [-0.25, -0.2) is 8.42 Å². The summed E-state index contributed by atoms with van der Waals surface area (Å²) in [5.74, 6) is 0.951. The highest BCUT2D eigenvalue weighted by Gasteiger charge is 2.25. The van der Waals surface area contributed by atoms with Gasteiger partial charge in [0.25, 0.3) is 0 Å². The first-order chi connectivity index (χ1) is 6.35. The van der Waals surface area contributed by atoms with E-state index in [4.69, 9.17) is 0 Å². The molecular weight excluding hydrogens is 264 g/mol. The average Bonchev–Trinajstić information content (AvgIpc) is 2.12. The molecule has 0 spiro atoms. The lowest BCUT2D eigenvalue weighted by atomic mass is 10.0. The SMILES string of the molecule is CCC(C)S(=O)(=O)CC(CBr)C(C)C. The van der Waals surface area contributed by atoms with Crippen LogP contribution in [0.2, 0.25) is 0 Å². The van der Waals surface area contributed by atoms with Gasteiger partial charge in [-0.05, 0) is 25.2 Å². The van der Waals surface area contributed by atoms with E-state index in [1.807, 2.05) is 6.92 Å². The van der Waals surface area contributed by atoms with Crippen molar-refractivity contribution >= 4 is 25.8 Å². The molecule has 2 atom stereocenters. The molecule has 0 aliphatic rings. The molecule has 0 fully saturated rings. The van der Waals surface area contributed by atoms with Gasteiger partial charge in [0.05, 0.1) is 11.0 Å². The molecule has 0 aliphatic heterocycles. The fraction of sp³-hybridized carbons (Fsp3) is 1.00. The van der Waals surface area contributed by atoms with Crippen LogP contribution < -0.4 is 0 Å². The highest BCUT2D eigenvalue weighted by Crippen LogP contribution is 2.19. The Bertz CT molecular complexity index is 247. The molecule has 0 rings (SSSR count). The second-order valence-corrected chi connectivity index (χ2v) is 7.32. The van der Waals surface area contributed by atoms with E-state index in [0.717, 1.165) is 5.33 Å². The molecule has 0 radical (unpaired) electrons. The summed E-state index contributed by atoms with van der Waals surface area (Å²) in [5, 5.41) is 0.558. The van der Waals surface area contributed by atoms with Gasteiger partial charge in [0, 0.05) is 5.33 Å². The molecule has 0 saturated carbocycles. The van der Waals surface area contributed by atoms with E-state index in [9.17, 15) is 8.42 Å². The molecule has 0 bridgehead atoms. The maximum atomic E-state index is 11.8. The van der Waals surface area contributed by atoms with E-state index in [0.29, 0.717) is 18.1 Å². The number of sulfone groups is 1. The van der Waals surface area contributed by atoms with E-state index >= 15 is 0 Å². The fourth-order valence-electron chi connectivity index (χ4n) is 1.13. The minimum Gasteiger partial charge on any atom is -0.229 e. The van der Waals surface area contributed by atoms with Crippen molar-refractivity contribution in [1.82, 2.24) is 0 Å². The zero-order valence-corrected chi connectivity index (χ0v) is 11.9. The third kappa shape index (κ3) is 4.30. The van der Waals surface area contributed by atoms with Gasteiger partial charge in [0.2, 0.25) is 0 Å². The van der Waals surface area contributed by atoms with Crippen LogP contribution in [0.25, 0.3) is 0 Å². The zero-order chi connectivity index (χ0) is 11.4. The lowest BCUT2D eigenvalue weighted by molar-refractivity contribution is 0.459. The maximum Gasteiger partial charge on any atom is 0.153 e. The van der Waals surface area contributed by atoms with Crippen LogP contribution in [0.5, 0.6) is 0 Å². The first-order valence-corrected chi connectivity index (χ1v) is 7.96. The quantitative estimate of drug-likeness (QED) is 0.703. The molecule has 14 heavy (non-hydrogen) atoms. The first kappa shape index (κ1) is 14.4. The molecule has 0 N–H and O–H groups in total. The Hall–Kier alpha value is 0.430. The third-order valence-electron chi connectivity index (χ3n) is 2.78. The van der Waals surface area contributed by atoms with Gasteiger partial charge in [0.15, 0.2) is 9.84 Å². The second-order valence-electron chi connectivity index (χ2n) is 4.21. The molecule has 0 aromatic rings. The highest BCUT2D eigenvalue weighted by molar-refractivity contribution is 9.09. The Morgan fingerprint density at radius 2 is 1.71 bits per heavy atom. The minimum atomic E-state index is -2.90. The van der Waals surface area contributed by atoms with Crippen LogP contribution in [-0.2, 0) is 9.84 Å². The molecule has 0 aromatic heterocycles. The Morgan fingerprint density at radius 3 is 2.00 bits per heavy atom. The summed E-state index contributed by atoms with van der Waals surface area (Å²) in [5.41, 5.74) is 0. The molecule has 0 heterocycles. The predicted molar refractivity (Wildman–Crippen MR) is 65.7 cm³/mol. The molecular formula is C10H21BrO2S. The number of rotatable bonds is 6. The topological polar surface area (TPSA) is 34.1 Å². The van der Waals surface area contributed by atoms with Crippen molar-refractivity contribution < 1.29 is 8.42 Å². The summed E-state index contributed by atoms with van der Waals surface area (Å²) >= 11 is 3.38. The number of hydrogen-bond donors (Lipinski definition) is 0. The maximum absolute atomic E-state index is 11.8. The Morgan fingerprint density at radius 1 is 1.21 bits per heavy atom. The number of alkyl halides is 1. The van der Waals surface area contributed by atoms with Crippen LogP contribution in [0.4, 0.5) is 0 Å². The summed E-state index contributed by atoms with van der Waals surface area (Å²) < 4.78 is 23.6. The van der Waals surface area contributed by atoms with E-state index in [2.05, 4.69) is 29.8 Å². The Balaban J connectivity index is 4.48. The van der Waals surface area contributed by atoms with E-state index in [-0.39, 0.29) is 11.2 Å². The van der Waals surface area contributed by atoms with Crippen molar-refractivity contribution in [3.8, 4) is 0 Å². The minimum absolute atomic E-state index is 0.206. The summed E-state index contributed by atoms with van der Waals surface area (Å²) in [6, 6.07) is 0. The molecule has 4 heteroatoms. The van der Waals surface area contributed by atoms with Crippen molar-refractivity contribution in [3.05, 3.63) is 0 Å². The van der Waals surface area contributed by atoms with Crippen LogP contribution in [0.15, 0.2) is 0 Å². The van der Waals surface area contributed by atoms with Crippen molar-refractivity contribution in [1.29, 1.82) is 0 Å². The second kappa shape index (κ2) is 6.11. The average molecular weight is 285 g/mol. The summed E-state index contributed by atoms with van der Waals surface area (Å²) in [7, 11) is -2.90. The van der Waals surface area contributed by atoms with Crippen molar-refractivity contribution in [2.45, 2.75) is 39.4 Å². The van der Waals surface area contributed by atoms with Gasteiger partial charge in [-0.3, -0.25) is 0 Å². The van der Waals surface area contributed by atoms with Gasteiger partial charge >= 0.3 is 0 Å². The van der Waals surface area contributed by atoms with Gasteiger partial charge in [-0.2, -0.15) is 0 Å². The van der Waals surface area contributed by atoms with E-state index < -0.39 is 9.84 Å². The normalized spacial score (nSPS) is 17.0. The van der Waals surface area contributed by atoms with Crippen LogP contribution in [0.1, 0.15) is 34.1 Å². The Labute approximate surface area is 96.5 Å². The third-order valence-corrected chi connectivity index (χ3v) is 6.06. The molecule has 0 amide bonds.